The molecule has 0 unspecified atom stereocenters. The largest absolute Gasteiger partial charge is 0.305 e. The number of fused-ring (bicyclic) bond motifs is 1. The zero-order valence-corrected chi connectivity index (χ0v) is 18.5. The maximum atomic E-state index is 5.99. The fraction of sp³-hybridized carbons (Fsp3) is 0.273. The average molecular weight is 413 g/mol. The van der Waals surface area contributed by atoms with Gasteiger partial charge < -0.3 is 4.90 Å². The number of aromatic nitrogens is 3. The van der Waals surface area contributed by atoms with Crippen molar-refractivity contribution in [2.75, 3.05) is 11.9 Å². The highest BCUT2D eigenvalue weighted by atomic mass is 35.5. The second kappa shape index (κ2) is 8.76. The summed E-state index contributed by atoms with van der Waals surface area (Å²) in [5.74, 6) is 1.07. The number of pyridine rings is 1. The summed E-state index contributed by atoms with van der Waals surface area (Å²) in [5, 5.41) is 3.75. The van der Waals surface area contributed by atoms with Crippen LogP contribution in [0.5, 0.6) is 0 Å². The molecule has 0 N–H and O–H groups in total. The third-order valence-electron chi connectivity index (χ3n) is 4.38. The van der Waals surface area contributed by atoms with Crippen molar-refractivity contribution in [2.45, 2.75) is 34.1 Å². The highest BCUT2D eigenvalue weighted by Crippen LogP contribution is 2.33. The predicted molar refractivity (Wildman–Crippen MR) is 121 cm³/mol. The van der Waals surface area contributed by atoms with Gasteiger partial charge in [-0.05, 0) is 37.1 Å². The van der Waals surface area contributed by atoms with Gasteiger partial charge in [-0.1, -0.05) is 50.6 Å². The molecule has 0 bridgehead atoms. The van der Waals surface area contributed by atoms with Crippen molar-refractivity contribution in [3.8, 4) is 11.3 Å². The molecule has 0 spiro atoms. The van der Waals surface area contributed by atoms with Crippen LogP contribution in [0.2, 0.25) is 5.02 Å². The van der Waals surface area contributed by atoms with Crippen molar-refractivity contribution in [2.24, 2.45) is 0 Å². The molecule has 0 aliphatic rings. The van der Waals surface area contributed by atoms with Crippen molar-refractivity contribution in [3.63, 3.8) is 0 Å². The first-order valence-electron chi connectivity index (χ1n) is 9.49. The number of rotatable bonds is 4. The van der Waals surface area contributed by atoms with Crippen LogP contribution in [0, 0.1) is 6.92 Å². The molecule has 0 saturated heterocycles. The summed E-state index contributed by atoms with van der Waals surface area (Å²) in [7, 11) is 2.05. The number of anilines is 2. The highest BCUT2D eigenvalue weighted by molar-refractivity contribution is 7.14. The van der Waals surface area contributed by atoms with Crippen molar-refractivity contribution >= 4 is 39.5 Å². The first-order chi connectivity index (χ1) is 13.6. The zero-order valence-electron chi connectivity index (χ0n) is 16.9. The molecule has 0 aliphatic heterocycles. The summed E-state index contributed by atoms with van der Waals surface area (Å²) < 4.78 is 2.15. The lowest BCUT2D eigenvalue weighted by molar-refractivity contribution is 1.01. The standard InChI is InChI=1S/C20H19ClN4S.C2H6/c1-4-16-19(25-11-13(2)5-10-18(25)22-16)24(3)20-23-17(12-26-20)14-6-8-15(21)9-7-14;1-2/h5-12H,4H2,1-3H3;1-2H3. The van der Waals surface area contributed by atoms with Crippen molar-refractivity contribution in [1.29, 1.82) is 0 Å². The van der Waals surface area contributed by atoms with Crippen LogP contribution in [0.25, 0.3) is 16.9 Å². The number of benzene rings is 1. The van der Waals surface area contributed by atoms with E-state index in [4.69, 9.17) is 21.6 Å². The molecule has 0 amide bonds. The van der Waals surface area contributed by atoms with Crippen LogP contribution in [0.4, 0.5) is 10.9 Å². The summed E-state index contributed by atoms with van der Waals surface area (Å²) in [5.41, 5.74) is 5.25. The molecule has 4 rings (SSSR count). The summed E-state index contributed by atoms with van der Waals surface area (Å²) in [4.78, 5) is 11.7. The third-order valence-corrected chi connectivity index (χ3v) is 5.55. The van der Waals surface area contributed by atoms with E-state index in [0.717, 1.165) is 45.0 Å². The maximum Gasteiger partial charge on any atom is 0.191 e. The highest BCUT2D eigenvalue weighted by Gasteiger charge is 2.19. The Balaban J connectivity index is 0.00000109. The van der Waals surface area contributed by atoms with E-state index in [0.29, 0.717) is 0 Å². The zero-order chi connectivity index (χ0) is 20.3. The van der Waals surface area contributed by atoms with E-state index < -0.39 is 0 Å². The van der Waals surface area contributed by atoms with Crippen LogP contribution in [-0.2, 0) is 6.42 Å². The van der Waals surface area contributed by atoms with E-state index in [1.54, 1.807) is 11.3 Å². The lowest BCUT2D eigenvalue weighted by Gasteiger charge is -2.17. The minimum atomic E-state index is 0.731. The molecule has 146 valence electrons. The fourth-order valence-electron chi connectivity index (χ4n) is 3.04. The van der Waals surface area contributed by atoms with Crippen LogP contribution >= 0.6 is 22.9 Å². The van der Waals surface area contributed by atoms with Gasteiger partial charge in [0, 0.05) is 29.2 Å². The first-order valence-corrected chi connectivity index (χ1v) is 10.8. The molecule has 0 atom stereocenters. The quantitative estimate of drug-likeness (QED) is 0.370. The molecule has 0 fully saturated rings. The summed E-state index contributed by atoms with van der Waals surface area (Å²) >= 11 is 7.62. The van der Waals surface area contributed by atoms with Crippen molar-refractivity contribution in [1.82, 2.24) is 14.4 Å². The van der Waals surface area contributed by atoms with E-state index in [1.807, 2.05) is 38.1 Å². The van der Waals surface area contributed by atoms with Crippen molar-refractivity contribution in [3.05, 3.63) is 64.3 Å². The van der Waals surface area contributed by atoms with E-state index >= 15 is 0 Å². The minimum Gasteiger partial charge on any atom is -0.305 e. The predicted octanol–water partition coefficient (Wildman–Crippen LogP) is 6.78. The van der Waals surface area contributed by atoms with Crippen LogP contribution in [0.15, 0.2) is 48.0 Å². The Labute approximate surface area is 175 Å². The van der Waals surface area contributed by atoms with E-state index in [1.165, 1.54) is 5.56 Å². The Bertz CT molecular complexity index is 1070. The van der Waals surface area contributed by atoms with Gasteiger partial charge in [0.05, 0.1) is 11.4 Å². The topological polar surface area (TPSA) is 33.4 Å². The number of nitrogens with zero attached hydrogens (tertiary/aromatic N) is 4. The first kappa shape index (κ1) is 20.4. The molecule has 0 saturated carbocycles. The molecule has 1 aromatic carbocycles. The van der Waals surface area contributed by atoms with Gasteiger partial charge in [0.1, 0.15) is 11.5 Å². The Morgan fingerprint density at radius 2 is 1.79 bits per heavy atom. The van der Waals surface area contributed by atoms with Gasteiger partial charge in [0.25, 0.3) is 0 Å². The SMILES string of the molecule is CC.CCc1nc2ccc(C)cn2c1N(C)c1nc(-c2ccc(Cl)cc2)cs1. The summed E-state index contributed by atoms with van der Waals surface area (Å²) in [6.45, 7) is 8.23. The lowest BCUT2D eigenvalue weighted by Crippen LogP contribution is -2.13. The lowest BCUT2D eigenvalue weighted by atomic mass is 10.2. The third kappa shape index (κ3) is 3.91. The van der Waals surface area contributed by atoms with E-state index in [-0.39, 0.29) is 0 Å². The second-order valence-corrected chi connectivity index (χ2v) is 7.52. The normalized spacial score (nSPS) is 10.6. The van der Waals surface area contributed by atoms with Gasteiger partial charge in [-0.2, -0.15) is 0 Å². The smallest absolute Gasteiger partial charge is 0.191 e. The monoisotopic (exact) mass is 412 g/mol. The van der Waals surface area contributed by atoms with Gasteiger partial charge in [-0.15, -0.1) is 11.3 Å². The molecule has 3 heterocycles. The molecular formula is C22H25ClN4S. The number of aryl methyl sites for hydroxylation is 2. The maximum absolute atomic E-state index is 5.99. The Morgan fingerprint density at radius 1 is 1.07 bits per heavy atom. The Kier molecular flexibility index (Phi) is 6.37. The number of hydrogen-bond donors (Lipinski definition) is 0. The van der Waals surface area contributed by atoms with E-state index in [9.17, 15) is 0 Å². The average Bonchev–Trinajstić information content (AvgIpc) is 3.34. The van der Waals surface area contributed by atoms with E-state index in [2.05, 4.69) is 53.9 Å². The Hall–Kier alpha value is -2.37. The number of hydrogen-bond acceptors (Lipinski definition) is 4. The second-order valence-electron chi connectivity index (χ2n) is 6.25. The summed E-state index contributed by atoms with van der Waals surface area (Å²) in [6.07, 6.45) is 3.00. The molecule has 0 radical (unpaired) electrons. The van der Waals surface area contributed by atoms with Gasteiger partial charge in [0.15, 0.2) is 5.13 Å². The van der Waals surface area contributed by atoms with Crippen LogP contribution in [0.3, 0.4) is 0 Å². The van der Waals surface area contributed by atoms with Gasteiger partial charge in [0.2, 0.25) is 0 Å². The molecule has 3 aromatic heterocycles. The number of imidazole rings is 1. The van der Waals surface area contributed by atoms with Crippen LogP contribution in [-0.4, -0.2) is 21.4 Å². The van der Waals surface area contributed by atoms with Crippen molar-refractivity contribution < 1.29 is 0 Å². The van der Waals surface area contributed by atoms with Crippen LogP contribution < -0.4 is 4.90 Å². The minimum absolute atomic E-state index is 0.731. The fourth-order valence-corrected chi connectivity index (χ4v) is 3.97. The van der Waals surface area contributed by atoms with Gasteiger partial charge >= 0.3 is 0 Å². The summed E-state index contributed by atoms with van der Waals surface area (Å²) in [6, 6.07) is 11.9. The molecule has 0 aliphatic carbocycles. The molecular weight excluding hydrogens is 388 g/mol. The molecule has 4 aromatic rings. The Morgan fingerprint density at radius 3 is 2.46 bits per heavy atom. The van der Waals surface area contributed by atoms with Gasteiger partial charge in [-0.25, -0.2) is 9.97 Å². The molecule has 28 heavy (non-hydrogen) atoms. The number of halogens is 1. The molecule has 6 heteroatoms. The number of thiazole rings is 1. The van der Waals surface area contributed by atoms with Gasteiger partial charge in [-0.3, -0.25) is 4.40 Å². The van der Waals surface area contributed by atoms with Crippen LogP contribution in [0.1, 0.15) is 32.0 Å². The molecule has 4 nitrogen and oxygen atoms in total.